The molecule has 2 unspecified atom stereocenters. The van der Waals surface area contributed by atoms with Crippen molar-refractivity contribution < 1.29 is 14.9 Å². The number of rotatable bonds is 3. The fourth-order valence-electron chi connectivity index (χ4n) is 4.54. The molecular weight excluding hydrogens is 394 g/mol. The Balaban J connectivity index is 1.83. The Kier molecular flexibility index (Phi) is 4.62. The SMILES string of the molecule is Cc1nnn(C)c1-c1cnc2c3ccc(C(C)(C)O)cc3n(C3OCCCC3O)c2c1. The van der Waals surface area contributed by atoms with Crippen LogP contribution in [-0.2, 0) is 17.4 Å². The van der Waals surface area contributed by atoms with Gasteiger partial charge < -0.3 is 19.5 Å². The lowest BCUT2D eigenvalue weighted by atomic mass is 9.97. The second kappa shape index (κ2) is 7.12. The summed E-state index contributed by atoms with van der Waals surface area (Å²) in [6.45, 7) is 6.04. The first-order valence-electron chi connectivity index (χ1n) is 10.6. The molecule has 0 spiro atoms. The van der Waals surface area contributed by atoms with Crippen molar-refractivity contribution in [2.24, 2.45) is 7.05 Å². The van der Waals surface area contributed by atoms with Gasteiger partial charge in [-0.15, -0.1) is 5.10 Å². The van der Waals surface area contributed by atoms with Gasteiger partial charge in [0.2, 0.25) is 0 Å². The second-order valence-corrected chi connectivity index (χ2v) is 8.87. The van der Waals surface area contributed by atoms with E-state index in [0.717, 1.165) is 50.9 Å². The first-order chi connectivity index (χ1) is 14.8. The van der Waals surface area contributed by atoms with Gasteiger partial charge in [0.1, 0.15) is 0 Å². The van der Waals surface area contributed by atoms with Crippen LogP contribution in [0.15, 0.2) is 30.5 Å². The highest BCUT2D eigenvalue weighted by molar-refractivity contribution is 6.06. The van der Waals surface area contributed by atoms with Gasteiger partial charge >= 0.3 is 0 Å². The third-order valence-electron chi connectivity index (χ3n) is 6.13. The van der Waals surface area contributed by atoms with Crippen molar-refractivity contribution in [3.8, 4) is 11.3 Å². The minimum atomic E-state index is -0.988. The van der Waals surface area contributed by atoms with Crippen molar-refractivity contribution in [1.82, 2.24) is 24.5 Å². The maximum absolute atomic E-state index is 10.8. The molecule has 3 aromatic heterocycles. The van der Waals surface area contributed by atoms with Crippen LogP contribution in [0.25, 0.3) is 33.2 Å². The Morgan fingerprint density at radius 1 is 1.19 bits per heavy atom. The van der Waals surface area contributed by atoms with E-state index in [1.165, 1.54) is 0 Å². The summed E-state index contributed by atoms with van der Waals surface area (Å²) >= 11 is 0. The van der Waals surface area contributed by atoms with Crippen molar-refractivity contribution in [3.63, 3.8) is 0 Å². The Morgan fingerprint density at radius 2 is 2.00 bits per heavy atom. The lowest BCUT2D eigenvalue weighted by Crippen LogP contribution is -2.31. The molecule has 8 nitrogen and oxygen atoms in total. The Labute approximate surface area is 180 Å². The van der Waals surface area contributed by atoms with Gasteiger partial charge in [-0.05, 0) is 51.3 Å². The number of aliphatic hydroxyl groups is 2. The van der Waals surface area contributed by atoms with Crippen molar-refractivity contribution in [1.29, 1.82) is 0 Å². The van der Waals surface area contributed by atoms with Gasteiger partial charge in [-0.25, -0.2) is 4.68 Å². The summed E-state index contributed by atoms with van der Waals surface area (Å²) in [7, 11) is 1.86. The quantitative estimate of drug-likeness (QED) is 0.527. The summed E-state index contributed by atoms with van der Waals surface area (Å²) in [5, 5.41) is 30.6. The molecule has 0 radical (unpaired) electrons. The average molecular weight is 422 g/mol. The number of aromatic nitrogens is 5. The molecule has 1 aliphatic rings. The van der Waals surface area contributed by atoms with Gasteiger partial charge in [0, 0.05) is 30.8 Å². The highest BCUT2D eigenvalue weighted by atomic mass is 16.5. The second-order valence-electron chi connectivity index (χ2n) is 8.87. The fraction of sp³-hybridized carbons (Fsp3) is 0.435. The summed E-state index contributed by atoms with van der Waals surface area (Å²) in [6.07, 6.45) is 2.19. The largest absolute Gasteiger partial charge is 0.388 e. The number of pyridine rings is 1. The van der Waals surface area contributed by atoms with Crippen LogP contribution in [-0.4, -0.2) is 47.5 Å². The molecule has 8 heteroatoms. The first kappa shape index (κ1) is 20.1. The topological polar surface area (TPSA) is 98.2 Å². The van der Waals surface area contributed by atoms with Crippen LogP contribution in [0.2, 0.25) is 0 Å². The molecule has 4 aromatic rings. The van der Waals surface area contributed by atoms with E-state index in [1.54, 1.807) is 18.5 Å². The monoisotopic (exact) mass is 421 g/mol. The van der Waals surface area contributed by atoms with E-state index in [-0.39, 0.29) is 0 Å². The molecule has 0 bridgehead atoms. The predicted octanol–water partition coefficient (Wildman–Crippen LogP) is 3.19. The molecule has 1 fully saturated rings. The van der Waals surface area contributed by atoms with E-state index in [2.05, 4.69) is 16.4 Å². The lowest BCUT2D eigenvalue weighted by Gasteiger charge is -2.30. The van der Waals surface area contributed by atoms with Crippen LogP contribution in [0, 0.1) is 6.92 Å². The van der Waals surface area contributed by atoms with Crippen molar-refractivity contribution in [3.05, 3.63) is 41.7 Å². The average Bonchev–Trinajstić information content (AvgIpc) is 3.23. The highest BCUT2D eigenvalue weighted by Crippen LogP contribution is 2.38. The van der Waals surface area contributed by atoms with Crippen molar-refractivity contribution in [2.45, 2.75) is 51.5 Å². The standard InChI is InChI=1S/C23H27N5O3/c1-13-21(27(4)26-25-13)14-10-18-20(24-12-14)16-8-7-15(23(2,3)30)11-17(16)28(18)22-19(29)6-5-9-31-22/h7-8,10-12,19,22,29-30H,5-6,9H2,1-4H3. The van der Waals surface area contributed by atoms with E-state index in [4.69, 9.17) is 9.72 Å². The van der Waals surface area contributed by atoms with Crippen LogP contribution < -0.4 is 0 Å². The van der Waals surface area contributed by atoms with Crippen molar-refractivity contribution in [2.75, 3.05) is 6.61 Å². The minimum Gasteiger partial charge on any atom is -0.388 e. The molecule has 1 saturated heterocycles. The third-order valence-corrected chi connectivity index (χ3v) is 6.13. The molecule has 0 saturated carbocycles. The molecule has 0 aliphatic carbocycles. The van der Waals surface area contributed by atoms with E-state index >= 15 is 0 Å². The maximum atomic E-state index is 10.8. The first-order valence-corrected chi connectivity index (χ1v) is 10.6. The Morgan fingerprint density at radius 3 is 2.68 bits per heavy atom. The number of aryl methyl sites for hydroxylation is 2. The van der Waals surface area contributed by atoms with Gasteiger partial charge in [0.05, 0.1) is 39.6 Å². The van der Waals surface area contributed by atoms with Gasteiger partial charge in [0.15, 0.2) is 6.23 Å². The zero-order valence-electron chi connectivity index (χ0n) is 18.2. The van der Waals surface area contributed by atoms with E-state index in [1.807, 2.05) is 42.9 Å². The lowest BCUT2D eigenvalue weighted by molar-refractivity contribution is -0.110. The molecule has 2 N–H and O–H groups in total. The van der Waals surface area contributed by atoms with Gasteiger partial charge in [-0.3, -0.25) is 4.98 Å². The van der Waals surface area contributed by atoms with Gasteiger partial charge in [-0.1, -0.05) is 17.3 Å². The van der Waals surface area contributed by atoms with Crippen molar-refractivity contribution >= 4 is 21.9 Å². The molecular formula is C23H27N5O3. The molecule has 5 rings (SSSR count). The molecule has 31 heavy (non-hydrogen) atoms. The number of hydrogen-bond acceptors (Lipinski definition) is 6. The summed E-state index contributed by atoms with van der Waals surface area (Å²) in [4.78, 5) is 4.79. The Bertz CT molecular complexity index is 1260. The zero-order chi connectivity index (χ0) is 21.9. The number of benzene rings is 1. The number of hydrogen-bond donors (Lipinski definition) is 2. The van der Waals surface area contributed by atoms with E-state index < -0.39 is 17.9 Å². The van der Waals surface area contributed by atoms with Crippen LogP contribution in [0.4, 0.5) is 0 Å². The summed E-state index contributed by atoms with van der Waals surface area (Å²) in [5.74, 6) is 0. The minimum absolute atomic E-state index is 0.520. The zero-order valence-corrected chi connectivity index (χ0v) is 18.2. The van der Waals surface area contributed by atoms with Gasteiger partial charge in [-0.2, -0.15) is 0 Å². The molecule has 4 heterocycles. The van der Waals surface area contributed by atoms with E-state index in [0.29, 0.717) is 13.0 Å². The Hall–Kier alpha value is -2.81. The number of fused-ring (bicyclic) bond motifs is 3. The summed E-state index contributed by atoms with van der Waals surface area (Å²) in [5.41, 5.74) is 5.00. The normalized spacial score (nSPS) is 20.1. The molecule has 0 amide bonds. The number of nitrogens with zero attached hydrogens (tertiary/aromatic N) is 5. The van der Waals surface area contributed by atoms with E-state index in [9.17, 15) is 10.2 Å². The fourth-order valence-corrected chi connectivity index (χ4v) is 4.54. The maximum Gasteiger partial charge on any atom is 0.160 e. The number of aliphatic hydroxyl groups excluding tert-OH is 1. The molecule has 162 valence electrons. The number of ether oxygens (including phenoxy) is 1. The molecule has 2 atom stereocenters. The summed E-state index contributed by atoms with van der Waals surface area (Å²) < 4.78 is 9.81. The van der Waals surface area contributed by atoms with Crippen LogP contribution in [0.1, 0.15) is 44.2 Å². The van der Waals surface area contributed by atoms with Crippen LogP contribution in [0.5, 0.6) is 0 Å². The molecule has 1 aliphatic heterocycles. The highest BCUT2D eigenvalue weighted by Gasteiger charge is 2.30. The third kappa shape index (κ3) is 3.22. The smallest absolute Gasteiger partial charge is 0.160 e. The van der Waals surface area contributed by atoms with Crippen LogP contribution in [0.3, 0.4) is 0 Å². The van der Waals surface area contributed by atoms with Crippen LogP contribution >= 0.6 is 0 Å². The predicted molar refractivity (Wildman–Crippen MR) is 117 cm³/mol. The summed E-state index contributed by atoms with van der Waals surface area (Å²) in [6, 6.07) is 7.94. The molecule has 1 aromatic carbocycles. The van der Waals surface area contributed by atoms with Gasteiger partial charge in [0.25, 0.3) is 0 Å².